The second-order valence-corrected chi connectivity index (χ2v) is 12.9. The first kappa shape index (κ1) is 25.5. The van der Waals surface area contributed by atoms with E-state index in [0.29, 0.717) is 5.04 Å². The van der Waals surface area contributed by atoms with Gasteiger partial charge in [-0.25, -0.2) is 0 Å². The normalized spacial score (nSPS) is 11.7. The molecule has 0 aromatic heterocycles. The zero-order valence-electron chi connectivity index (χ0n) is 21.9. The Balaban J connectivity index is 1.87. The van der Waals surface area contributed by atoms with Crippen LogP contribution in [-0.2, 0) is 38.1 Å². The standard InChI is InChI=1S/C32H42Si/c1-8-24-11-23(4)12-27(13-24)18-28-14-25(9-2)15-29(19-28)20-30-16-26(10-3)17-31(21-30)22-33-32(5,6)7/h11-17,19,21H,8-10,18,20,22H2,1-7H3. The molecule has 1 heteroatoms. The van der Waals surface area contributed by atoms with E-state index in [9.17, 15) is 0 Å². The van der Waals surface area contributed by atoms with Crippen LogP contribution in [0.4, 0.5) is 0 Å². The minimum atomic E-state index is 0.403. The molecule has 0 heterocycles. The van der Waals surface area contributed by atoms with Gasteiger partial charge in [0.25, 0.3) is 0 Å². The molecule has 0 aliphatic rings. The molecule has 33 heavy (non-hydrogen) atoms. The van der Waals surface area contributed by atoms with Crippen molar-refractivity contribution < 1.29 is 0 Å². The molecule has 0 aliphatic heterocycles. The van der Waals surface area contributed by atoms with Crippen molar-refractivity contribution in [3.63, 3.8) is 0 Å². The fourth-order valence-corrected chi connectivity index (χ4v) is 5.53. The van der Waals surface area contributed by atoms with Crippen LogP contribution in [0.1, 0.15) is 91.6 Å². The van der Waals surface area contributed by atoms with Crippen molar-refractivity contribution in [3.8, 4) is 0 Å². The average molecular weight is 455 g/mol. The molecule has 3 aromatic rings. The molecule has 3 rings (SSSR count). The van der Waals surface area contributed by atoms with Gasteiger partial charge in [0.15, 0.2) is 0 Å². The van der Waals surface area contributed by atoms with E-state index in [4.69, 9.17) is 0 Å². The lowest BCUT2D eigenvalue weighted by Gasteiger charge is -2.17. The highest BCUT2D eigenvalue weighted by Gasteiger charge is 2.12. The van der Waals surface area contributed by atoms with E-state index in [-0.39, 0.29) is 0 Å². The van der Waals surface area contributed by atoms with Crippen LogP contribution in [0.25, 0.3) is 0 Å². The van der Waals surface area contributed by atoms with Crippen molar-refractivity contribution in [2.75, 3.05) is 0 Å². The Morgan fingerprint density at radius 1 is 0.515 bits per heavy atom. The molecule has 0 atom stereocenters. The summed E-state index contributed by atoms with van der Waals surface area (Å²) in [5.74, 6) is 0. The van der Waals surface area contributed by atoms with Crippen molar-refractivity contribution in [1.82, 2.24) is 0 Å². The third kappa shape index (κ3) is 8.00. The van der Waals surface area contributed by atoms with Gasteiger partial charge < -0.3 is 0 Å². The molecule has 174 valence electrons. The summed E-state index contributed by atoms with van der Waals surface area (Å²) in [6, 6.07) is 22.8. The molecule has 0 saturated heterocycles. The molecule has 0 amide bonds. The molecular weight excluding hydrogens is 412 g/mol. The highest BCUT2D eigenvalue weighted by Crippen LogP contribution is 2.24. The van der Waals surface area contributed by atoms with Crippen LogP contribution in [0.3, 0.4) is 0 Å². The maximum Gasteiger partial charge on any atom is 0.0494 e. The van der Waals surface area contributed by atoms with Gasteiger partial charge in [-0.05, 0) is 89.1 Å². The Labute approximate surface area is 205 Å². The summed E-state index contributed by atoms with van der Waals surface area (Å²) in [4.78, 5) is 0. The third-order valence-corrected chi connectivity index (χ3v) is 7.93. The summed E-state index contributed by atoms with van der Waals surface area (Å²) in [5.41, 5.74) is 13.0. The van der Waals surface area contributed by atoms with Gasteiger partial charge in [0.2, 0.25) is 0 Å². The van der Waals surface area contributed by atoms with Gasteiger partial charge in [0, 0.05) is 9.52 Å². The molecule has 0 bridgehead atoms. The maximum atomic E-state index is 2.46. The molecule has 0 spiro atoms. The molecule has 2 radical (unpaired) electrons. The fraction of sp³-hybridized carbons (Fsp3) is 0.438. The quantitative estimate of drug-likeness (QED) is 0.285. The van der Waals surface area contributed by atoms with E-state index < -0.39 is 0 Å². The van der Waals surface area contributed by atoms with Crippen LogP contribution < -0.4 is 0 Å². The topological polar surface area (TPSA) is 0 Å². The van der Waals surface area contributed by atoms with E-state index in [1.54, 1.807) is 0 Å². The zero-order valence-corrected chi connectivity index (χ0v) is 22.9. The number of hydrogen-bond acceptors (Lipinski definition) is 0. The van der Waals surface area contributed by atoms with Crippen molar-refractivity contribution in [3.05, 3.63) is 105 Å². The number of aryl methyl sites for hydroxylation is 4. The van der Waals surface area contributed by atoms with Crippen molar-refractivity contribution in [1.29, 1.82) is 0 Å². The first-order valence-electron chi connectivity index (χ1n) is 12.7. The highest BCUT2D eigenvalue weighted by molar-refractivity contribution is 6.39. The van der Waals surface area contributed by atoms with Crippen LogP contribution >= 0.6 is 0 Å². The van der Waals surface area contributed by atoms with E-state index in [2.05, 4.69) is 103 Å². The predicted molar refractivity (Wildman–Crippen MR) is 147 cm³/mol. The summed E-state index contributed by atoms with van der Waals surface area (Å²) in [6.07, 6.45) is 5.33. The van der Waals surface area contributed by atoms with Crippen molar-refractivity contribution in [2.45, 2.75) is 91.7 Å². The SMILES string of the molecule is CCc1cc(C)cc(Cc2cc(CC)cc(Cc3cc(CC)cc(C[Si]C(C)(C)C)c3)c2)c1. The first-order valence-corrected chi connectivity index (χ1v) is 14.0. The van der Waals surface area contributed by atoms with Gasteiger partial charge in [0.1, 0.15) is 0 Å². The number of benzene rings is 3. The van der Waals surface area contributed by atoms with Gasteiger partial charge in [-0.15, -0.1) is 0 Å². The smallest absolute Gasteiger partial charge is 0.0494 e. The minimum Gasteiger partial charge on any atom is -0.0630 e. The Morgan fingerprint density at radius 2 is 0.848 bits per heavy atom. The van der Waals surface area contributed by atoms with Gasteiger partial charge in [-0.1, -0.05) is 107 Å². The van der Waals surface area contributed by atoms with Crippen LogP contribution in [0, 0.1) is 6.92 Å². The lowest BCUT2D eigenvalue weighted by molar-refractivity contribution is 0.749. The lowest BCUT2D eigenvalue weighted by Crippen LogP contribution is -2.11. The fourth-order valence-electron chi connectivity index (χ4n) is 4.59. The molecule has 0 unspecified atom stereocenters. The Hall–Kier alpha value is -2.12. The van der Waals surface area contributed by atoms with Crippen LogP contribution in [0.15, 0.2) is 54.6 Å². The number of hydrogen-bond donors (Lipinski definition) is 0. The Bertz CT molecular complexity index is 1070. The molecule has 0 saturated carbocycles. The van der Waals surface area contributed by atoms with Gasteiger partial charge in [0.05, 0.1) is 0 Å². The van der Waals surface area contributed by atoms with Crippen LogP contribution in [0.2, 0.25) is 5.04 Å². The van der Waals surface area contributed by atoms with Crippen LogP contribution in [-0.4, -0.2) is 9.52 Å². The number of rotatable bonds is 9. The first-order chi connectivity index (χ1) is 15.7. The molecule has 3 aromatic carbocycles. The average Bonchev–Trinajstić information content (AvgIpc) is 2.76. The summed E-state index contributed by atoms with van der Waals surface area (Å²) in [7, 11) is 0.958. The second kappa shape index (κ2) is 11.3. The Kier molecular flexibility index (Phi) is 8.76. The monoisotopic (exact) mass is 454 g/mol. The lowest BCUT2D eigenvalue weighted by atomic mass is 9.93. The molecule has 0 nitrogen and oxygen atoms in total. The van der Waals surface area contributed by atoms with Gasteiger partial charge in [-0.2, -0.15) is 0 Å². The van der Waals surface area contributed by atoms with Crippen molar-refractivity contribution >= 4 is 9.52 Å². The predicted octanol–water partition coefficient (Wildman–Crippen LogP) is 8.29. The summed E-state index contributed by atoms with van der Waals surface area (Å²) in [5, 5.41) is 0.403. The Morgan fingerprint density at radius 3 is 1.30 bits per heavy atom. The van der Waals surface area contributed by atoms with Crippen LogP contribution in [0.5, 0.6) is 0 Å². The van der Waals surface area contributed by atoms with Crippen molar-refractivity contribution in [2.24, 2.45) is 0 Å². The van der Waals surface area contributed by atoms with E-state index in [1.807, 2.05) is 0 Å². The summed E-state index contributed by atoms with van der Waals surface area (Å²) < 4.78 is 0. The highest BCUT2D eigenvalue weighted by atomic mass is 28.2. The third-order valence-electron chi connectivity index (χ3n) is 6.29. The van der Waals surface area contributed by atoms with E-state index in [0.717, 1.165) is 41.6 Å². The summed E-state index contributed by atoms with van der Waals surface area (Å²) in [6.45, 7) is 16.1. The van der Waals surface area contributed by atoms with E-state index in [1.165, 1.54) is 56.1 Å². The molecular formula is C32H42Si. The second-order valence-electron chi connectivity index (χ2n) is 10.7. The molecule has 0 fully saturated rings. The summed E-state index contributed by atoms with van der Waals surface area (Å²) >= 11 is 0. The van der Waals surface area contributed by atoms with Gasteiger partial charge >= 0.3 is 0 Å². The van der Waals surface area contributed by atoms with E-state index >= 15 is 0 Å². The zero-order chi connectivity index (χ0) is 24.0. The molecule has 0 aliphatic carbocycles. The largest absolute Gasteiger partial charge is 0.0630 e. The molecule has 0 N–H and O–H groups in total. The maximum absolute atomic E-state index is 2.46. The van der Waals surface area contributed by atoms with Gasteiger partial charge in [-0.3, -0.25) is 0 Å². The minimum absolute atomic E-state index is 0.403.